The highest BCUT2D eigenvalue weighted by molar-refractivity contribution is 9.10. The van der Waals surface area contributed by atoms with E-state index >= 15 is 0 Å². The summed E-state index contributed by atoms with van der Waals surface area (Å²) in [5.74, 6) is 0.0374. The van der Waals surface area contributed by atoms with Gasteiger partial charge in [0.1, 0.15) is 35.1 Å². The molecule has 176 valence electrons. The molecule has 0 bridgehead atoms. The monoisotopic (exact) mass is 585 g/mol. The molecule has 1 aromatic heterocycles. The molecular weight excluding hydrogens is 569 g/mol. The van der Waals surface area contributed by atoms with Crippen LogP contribution >= 0.6 is 50.5 Å². The molecule has 0 unspecified atom stereocenters. The molecule has 2 aromatic carbocycles. The van der Waals surface area contributed by atoms with Gasteiger partial charge in [0, 0.05) is 20.5 Å². The van der Waals surface area contributed by atoms with Crippen LogP contribution in [-0.4, -0.2) is 5.91 Å². The summed E-state index contributed by atoms with van der Waals surface area (Å²) in [4.78, 5) is 14.0. The summed E-state index contributed by atoms with van der Waals surface area (Å²) in [5.41, 5.74) is 2.92. The maximum atomic E-state index is 12.8. The first kappa shape index (κ1) is 25.3. The highest BCUT2D eigenvalue weighted by Crippen LogP contribution is 2.38. The number of nitrogens with one attached hydrogen (secondary N) is 1. The van der Waals surface area contributed by atoms with Crippen LogP contribution in [0.25, 0.3) is 6.08 Å². The molecule has 35 heavy (non-hydrogen) atoms. The number of carbonyl (C=O) groups excluding carboxylic acids is 1. The van der Waals surface area contributed by atoms with Gasteiger partial charge in [-0.25, -0.2) is 0 Å². The lowest BCUT2D eigenvalue weighted by Crippen LogP contribution is -2.13. The van der Waals surface area contributed by atoms with Crippen LogP contribution in [0.4, 0.5) is 5.00 Å². The maximum Gasteiger partial charge on any atom is 0.266 e. The van der Waals surface area contributed by atoms with Crippen LogP contribution in [0.2, 0.25) is 10.0 Å². The van der Waals surface area contributed by atoms with Crippen molar-refractivity contribution in [3.8, 4) is 17.9 Å². The highest BCUT2D eigenvalue weighted by atomic mass is 79.9. The maximum absolute atomic E-state index is 12.8. The van der Waals surface area contributed by atoms with Crippen molar-refractivity contribution in [3.63, 3.8) is 0 Å². The summed E-state index contributed by atoms with van der Waals surface area (Å²) in [6.07, 6.45) is 5.38. The molecular formula is C26H18BrCl2N3O2S. The van der Waals surface area contributed by atoms with Crippen LogP contribution in [0.3, 0.4) is 0 Å². The Kier molecular flexibility index (Phi) is 8.15. The number of ether oxygens (including phenoxy) is 1. The predicted octanol–water partition coefficient (Wildman–Crippen LogP) is 7.69. The second-order valence-corrected chi connectivity index (χ2v) is 10.7. The van der Waals surface area contributed by atoms with E-state index in [1.807, 2.05) is 6.07 Å². The van der Waals surface area contributed by atoms with Crippen LogP contribution < -0.4 is 10.1 Å². The number of benzene rings is 2. The van der Waals surface area contributed by atoms with Gasteiger partial charge in [-0.05, 0) is 83.1 Å². The zero-order chi connectivity index (χ0) is 24.9. The van der Waals surface area contributed by atoms with E-state index in [9.17, 15) is 15.3 Å². The Balaban J connectivity index is 1.48. The molecule has 1 amide bonds. The molecule has 1 aliphatic carbocycles. The molecule has 0 atom stereocenters. The number of nitrogens with zero attached hydrogens (tertiary/aromatic N) is 2. The quantitative estimate of drug-likeness (QED) is 0.237. The summed E-state index contributed by atoms with van der Waals surface area (Å²) in [6, 6.07) is 14.6. The molecule has 3 aromatic rings. The number of hydrogen-bond donors (Lipinski definition) is 1. The fraction of sp³-hybridized carbons (Fsp3) is 0.192. The summed E-state index contributed by atoms with van der Waals surface area (Å²) in [5, 5.41) is 23.6. The van der Waals surface area contributed by atoms with Gasteiger partial charge in [0.15, 0.2) is 0 Å². The third kappa shape index (κ3) is 5.89. The second-order valence-electron chi connectivity index (χ2n) is 7.87. The molecule has 0 saturated carbocycles. The van der Waals surface area contributed by atoms with Gasteiger partial charge in [0.05, 0.1) is 10.0 Å². The average Bonchev–Trinajstić information content (AvgIpc) is 3.19. The van der Waals surface area contributed by atoms with Crippen LogP contribution in [-0.2, 0) is 24.2 Å². The number of anilines is 1. The number of amides is 1. The molecule has 0 aliphatic heterocycles. The topological polar surface area (TPSA) is 85.9 Å². The zero-order valence-electron chi connectivity index (χ0n) is 18.3. The number of carbonyl (C=O) groups is 1. The number of halogens is 3. The van der Waals surface area contributed by atoms with Crippen molar-refractivity contribution in [2.75, 3.05) is 5.32 Å². The SMILES string of the molecule is N#C/C(=C\c1ccc(OCc2ccc(Cl)cc2Cl)c(Br)c1)C(=O)Nc1sc2c(c1C#N)CCCC2. The minimum absolute atomic E-state index is 0.0613. The van der Waals surface area contributed by atoms with Gasteiger partial charge in [0.25, 0.3) is 5.91 Å². The van der Waals surface area contributed by atoms with Gasteiger partial charge in [-0.3, -0.25) is 4.79 Å². The van der Waals surface area contributed by atoms with Gasteiger partial charge < -0.3 is 10.1 Å². The van der Waals surface area contributed by atoms with Crippen LogP contribution in [0.5, 0.6) is 5.75 Å². The van der Waals surface area contributed by atoms with Gasteiger partial charge in [-0.2, -0.15) is 10.5 Å². The Morgan fingerprint density at radius 1 is 1.17 bits per heavy atom. The normalized spacial score (nSPS) is 12.9. The fourth-order valence-electron chi connectivity index (χ4n) is 3.78. The molecule has 0 saturated heterocycles. The number of aryl methyl sites for hydroxylation is 1. The third-order valence-electron chi connectivity index (χ3n) is 5.54. The van der Waals surface area contributed by atoms with Crippen molar-refractivity contribution in [1.82, 2.24) is 0 Å². The summed E-state index contributed by atoms with van der Waals surface area (Å²) < 4.78 is 6.51. The van der Waals surface area contributed by atoms with E-state index in [1.165, 1.54) is 17.4 Å². The minimum atomic E-state index is -0.545. The van der Waals surface area contributed by atoms with Crippen LogP contribution in [0, 0.1) is 22.7 Å². The van der Waals surface area contributed by atoms with Crippen LogP contribution in [0.1, 0.15) is 40.0 Å². The van der Waals surface area contributed by atoms with Crippen molar-refractivity contribution in [3.05, 3.63) is 83.6 Å². The average molecular weight is 587 g/mol. The lowest BCUT2D eigenvalue weighted by Gasteiger charge is -2.10. The van der Waals surface area contributed by atoms with E-state index in [-0.39, 0.29) is 12.2 Å². The first-order chi connectivity index (χ1) is 16.9. The number of thiophene rings is 1. The smallest absolute Gasteiger partial charge is 0.266 e. The van der Waals surface area contributed by atoms with Crippen molar-refractivity contribution < 1.29 is 9.53 Å². The molecule has 1 heterocycles. The van der Waals surface area contributed by atoms with Gasteiger partial charge in [-0.15, -0.1) is 11.3 Å². The van der Waals surface area contributed by atoms with E-state index < -0.39 is 5.91 Å². The lowest BCUT2D eigenvalue weighted by molar-refractivity contribution is -0.112. The molecule has 0 radical (unpaired) electrons. The van der Waals surface area contributed by atoms with Gasteiger partial charge in [0.2, 0.25) is 0 Å². The van der Waals surface area contributed by atoms with Crippen molar-refractivity contribution in [2.24, 2.45) is 0 Å². The molecule has 1 aliphatic rings. The van der Waals surface area contributed by atoms with E-state index in [4.69, 9.17) is 27.9 Å². The first-order valence-electron chi connectivity index (χ1n) is 10.7. The third-order valence-corrected chi connectivity index (χ3v) is 7.95. The number of hydrogen-bond acceptors (Lipinski definition) is 5. The molecule has 5 nitrogen and oxygen atoms in total. The van der Waals surface area contributed by atoms with Gasteiger partial charge in [-0.1, -0.05) is 35.3 Å². The molecule has 4 rings (SSSR count). The van der Waals surface area contributed by atoms with Crippen molar-refractivity contribution >= 4 is 67.5 Å². The van der Waals surface area contributed by atoms with Crippen molar-refractivity contribution in [1.29, 1.82) is 10.5 Å². The Labute approximate surface area is 225 Å². The molecule has 1 N–H and O–H groups in total. The summed E-state index contributed by atoms with van der Waals surface area (Å²) >= 11 is 17.0. The summed E-state index contributed by atoms with van der Waals surface area (Å²) in [7, 11) is 0. The largest absolute Gasteiger partial charge is 0.488 e. The molecule has 9 heteroatoms. The van der Waals surface area contributed by atoms with E-state index in [2.05, 4.69) is 27.3 Å². The first-order valence-corrected chi connectivity index (χ1v) is 13.1. The number of fused-ring (bicyclic) bond motifs is 1. The molecule has 0 spiro atoms. The van der Waals surface area contributed by atoms with Crippen LogP contribution in [0.15, 0.2) is 46.4 Å². The number of nitriles is 2. The Bertz CT molecular complexity index is 1420. The minimum Gasteiger partial charge on any atom is -0.488 e. The number of rotatable bonds is 6. The Morgan fingerprint density at radius 3 is 2.69 bits per heavy atom. The molecule has 0 fully saturated rings. The van der Waals surface area contributed by atoms with E-state index in [0.29, 0.717) is 36.4 Å². The standard InChI is InChI=1S/C26H18BrCl2N3O2S/c27-21-10-15(5-8-23(21)34-14-16-6-7-18(28)11-22(16)29)9-17(12-30)25(33)32-26-20(13-31)19-3-1-2-4-24(19)35-26/h5-11H,1-4,14H2,(H,32,33)/b17-9+. The van der Waals surface area contributed by atoms with Crippen molar-refractivity contribution in [2.45, 2.75) is 32.3 Å². The zero-order valence-corrected chi connectivity index (χ0v) is 22.2. The summed E-state index contributed by atoms with van der Waals surface area (Å²) in [6.45, 7) is 0.252. The van der Waals surface area contributed by atoms with E-state index in [1.54, 1.807) is 36.4 Å². The van der Waals surface area contributed by atoms with Gasteiger partial charge >= 0.3 is 0 Å². The second kappa shape index (κ2) is 11.3. The Morgan fingerprint density at radius 2 is 1.97 bits per heavy atom. The predicted molar refractivity (Wildman–Crippen MR) is 143 cm³/mol. The van der Waals surface area contributed by atoms with E-state index in [0.717, 1.165) is 41.7 Å². The fourth-order valence-corrected chi connectivity index (χ4v) is 5.98. The Hall–Kier alpha value is -2.81. The lowest BCUT2D eigenvalue weighted by atomic mass is 9.96. The highest BCUT2D eigenvalue weighted by Gasteiger charge is 2.22.